The highest BCUT2D eigenvalue weighted by molar-refractivity contribution is 7.55. The molecule has 1 amide bonds. The molecule has 1 aromatic carbocycles. The average Bonchev–Trinajstić information content (AvgIpc) is 3.27. The second-order valence-corrected chi connectivity index (χ2v) is 13.0. The molecule has 2 aliphatic heterocycles. The maximum Gasteiger partial charge on any atom is 0.576 e. The first-order valence-electron chi connectivity index (χ1n) is 12.8. The van der Waals surface area contributed by atoms with Gasteiger partial charge in [-0.15, -0.1) is 9.05 Å². The summed E-state index contributed by atoms with van der Waals surface area (Å²) < 4.78 is 26.7. The van der Waals surface area contributed by atoms with Crippen LogP contribution >= 0.6 is 8.17 Å². The zero-order valence-electron chi connectivity index (χ0n) is 22.8. The summed E-state index contributed by atoms with van der Waals surface area (Å²) in [7, 11) is -3.90. The molecule has 0 aliphatic carbocycles. The summed E-state index contributed by atoms with van der Waals surface area (Å²) >= 11 is 0. The lowest BCUT2D eigenvalue weighted by Crippen LogP contribution is -2.50. The fraction of sp³-hybridized carbons (Fsp3) is 0.654. The summed E-state index contributed by atoms with van der Waals surface area (Å²) in [4.78, 5) is 50.0. The van der Waals surface area contributed by atoms with Crippen molar-refractivity contribution < 1.29 is 42.3 Å². The molecule has 1 aromatic rings. The number of ether oxygens (including phenoxy) is 2. The third-order valence-electron chi connectivity index (χ3n) is 6.21. The van der Waals surface area contributed by atoms with Crippen molar-refractivity contribution in [3.63, 3.8) is 0 Å². The van der Waals surface area contributed by atoms with Gasteiger partial charge in [-0.1, -0.05) is 44.2 Å². The lowest BCUT2D eigenvalue weighted by atomic mass is 9.87. The van der Waals surface area contributed by atoms with E-state index in [1.54, 1.807) is 34.6 Å². The van der Waals surface area contributed by atoms with Gasteiger partial charge in [0.25, 0.3) is 5.91 Å². The molecule has 3 atom stereocenters. The highest BCUT2D eigenvalue weighted by atomic mass is 31.2. The smallest absolute Gasteiger partial charge is 0.461 e. The van der Waals surface area contributed by atoms with Gasteiger partial charge in [0, 0.05) is 31.6 Å². The van der Waals surface area contributed by atoms with Crippen LogP contribution in [0.1, 0.15) is 53.0 Å². The fourth-order valence-corrected chi connectivity index (χ4v) is 5.49. The number of benzene rings is 1. The van der Waals surface area contributed by atoms with Gasteiger partial charge >= 0.3 is 20.1 Å². The minimum atomic E-state index is -3.90. The van der Waals surface area contributed by atoms with Crippen molar-refractivity contribution in [2.24, 2.45) is 10.8 Å². The summed E-state index contributed by atoms with van der Waals surface area (Å²) in [5.41, 5.74) is -0.316. The predicted octanol–water partition coefficient (Wildman–Crippen LogP) is 2.99. The van der Waals surface area contributed by atoms with Gasteiger partial charge in [0.05, 0.1) is 11.8 Å². The normalized spacial score (nSPS) is 25.5. The van der Waals surface area contributed by atoms with Crippen LogP contribution in [0.3, 0.4) is 0 Å². The van der Waals surface area contributed by atoms with Crippen molar-refractivity contribution >= 4 is 26.0 Å². The van der Waals surface area contributed by atoms with Gasteiger partial charge in [0.1, 0.15) is 12.7 Å². The summed E-state index contributed by atoms with van der Waals surface area (Å²) in [6.07, 6.45) is -0.514. The van der Waals surface area contributed by atoms with Crippen LogP contribution in [0.25, 0.3) is 0 Å². The van der Waals surface area contributed by atoms with Crippen molar-refractivity contribution in [3.05, 3.63) is 35.9 Å². The molecule has 0 saturated carbocycles. The Hall–Kier alpha value is -2.14. The molecular weight excluding hydrogens is 515 g/mol. The van der Waals surface area contributed by atoms with Crippen LogP contribution in [0, 0.1) is 10.8 Å². The SMILES string of the molecule is CC(C)(C)C(=O)OCO[P+]1(O)OCC(C)(C)[C@H](C(=O)NCCC(=O)OC2CCN(Cc3ccccc3)C2)O1. The van der Waals surface area contributed by atoms with E-state index in [2.05, 4.69) is 22.3 Å². The minimum absolute atomic E-state index is 0.00321. The van der Waals surface area contributed by atoms with Crippen LogP contribution in [0.4, 0.5) is 0 Å². The number of rotatable bonds is 10. The molecule has 2 unspecified atom stereocenters. The number of nitrogens with one attached hydrogen (secondary N) is 1. The number of carbonyl (C=O) groups excluding carboxylic acids is 3. The summed E-state index contributed by atoms with van der Waals surface area (Å²) in [6, 6.07) is 10.1. The maximum atomic E-state index is 12.9. The van der Waals surface area contributed by atoms with E-state index in [9.17, 15) is 19.3 Å². The Labute approximate surface area is 224 Å². The largest absolute Gasteiger partial charge is 0.576 e. The van der Waals surface area contributed by atoms with Gasteiger partial charge in [0.15, 0.2) is 6.10 Å². The van der Waals surface area contributed by atoms with Gasteiger partial charge in [-0.3, -0.25) is 19.3 Å². The molecule has 0 radical (unpaired) electrons. The second-order valence-electron chi connectivity index (χ2n) is 11.3. The zero-order valence-corrected chi connectivity index (χ0v) is 23.7. The summed E-state index contributed by atoms with van der Waals surface area (Å²) in [5.74, 6) is -1.43. The monoisotopic (exact) mass is 555 g/mol. The molecule has 212 valence electrons. The van der Waals surface area contributed by atoms with Crippen LogP contribution < -0.4 is 5.32 Å². The molecule has 0 aromatic heterocycles. The molecule has 0 spiro atoms. The Morgan fingerprint density at radius 3 is 2.61 bits per heavy atom. The van der Waals surface area contributed by atoms with Crippen molar-refractivity contribution in [2.75, 3.05) is 33.0 Å². The first-order valence-corrected chi connectivity index (χ1v) is 14.3. The Bertz CT molecular complexity index is 969. The molecule has 12 heteroatoms. The molecule has 0 bridgehead atoms. The lowest BCUT2D eigenvalue weighted by Gasteiger charge is -2.36. The highest BCUT2D eigenvalue weighted by Crippen LogP contribution is 2.63. The third kappa shape index (κ3) is 8.97. The molecule has 38 heavy (non-hydrogen) atoms. The molecule has 3 rings (SSSR count). The van der Waals surface area contributed by atoms with Crippen molar-refractivity contribution in [2.45, 2.75) is 66.2 Å². The third-order valence-corrected chi connectivity index (χ3v) is 7.57. The van der Waals surface area contributed by atoms with Gasteiger partial charge in [0.2, 0.25) is 6.79 Å². The summed E-state index contributed by atoms with van der Waals surface area (Å²) in [6.45, 7) is 10.3. The Morgan fingerprint density at radius 1 is 1.21 bits per heavy atom. The van der Waals surface area contributed by atoms with E-state index in [1.807, 2.05) is 18.2 Å². The van der Waals surface area contributed by atoms with E-state index in [1.165, 1.54) is 5.56 Å². The number of hydrogen-bond donors (Lipinski definition) is 2. The zero-order chi connectivity index (χ0) is 28.0. The average molecular weight is 556 g/mol. The first kappa shape index (κ1) is 30.4. The standard InChI is InChI=1S/C26H39N2O9P/c1-25(2,3)24(31)33-18-35-38(32)34-17-26(4,5)22(37-38)23(30)27-13-11-21(29)36-20-12-14-28(16-20)15-19-9-7-6-8-10-19/h6-10,20,22,32H,11-18H2,1-5H3/p+1/t20?,22-,38?/m0/s1. The maximum absolute atomic E-state index is 12.9. The van der Waals surface area contributed by atoms with Gasteiger partial charge in [-0.05, 0) is 32.8 Å². The first-order chi connectivity index (χ1) is 17.8. The molecule has 11 nitrogen and oxygen atoms in total. The number of amides is 1. The number of hydrogen-bond acceptors (Lipinski definition) is 10. The van der Waals surface area contributed by atoms with Crippen LogP contribution in [-0.2, 0) is 44.0 Å². The lowest BCUT2D eigenvalue weighted by molar-refractivity contribution is -0.165. The van der Waals surface area contributed by atoms with Crippen LogP contribution in [0.15, 0.2) is 30.3 Å². The molecule has 2 heterocycles. The molecule has 2 saturated heterocycles. The molecule has 2 N–H and O–H groups in total. The predicted molar refractivity (Wildman–Crippen MR) is 139 cm³/mol. The van der Waals surface area contributed by atoms with E-state index in [0.29, 0.717) is 6.54 Å². The van der Waals surface area contributed by atoms with Crippen molar-refractivity contribution in [1.82, 2.24) is 10.2 Å². The number of esters is 2. The topological polar surface area (TPSA) is 133 Å². The fourth-order valence-electron chi connectivity index (χ4n) is 3.97. The van der Waals surface area contributed by atoms with Crippen molar-refractivity contribution in [3.8, 4) is 0 Å². The van der Waals surface area contributed by atoms with E-state index in [0.717, 1.165) is 19.5 Å². The Kier molecular flexibility index (Phi) is 10.2. The van der Waals surface area contributed by atoms with Gasteiger partial charge in [-0.2, -0.15) is 9.42 Å². The van der Waals surface area contributed by atoms with E-state index in [-0.39, 0.29) is 25.7 Å². The molecule has 2 aliphatic rings. The molecule has 2 fully saturated rings. The minimum Gasteiger partial charge on any atom is -0.461 e. The quantitative estimate of drug-likeness (QED) is 0.252. The van der Waals surface area contributed by atoms with Crippen LogP contribution in [0.2, 0.25) is 0 Å². The summed E-state index contributed by atoms with van der Waals surface area (Å²) in [5, 5.41) is 2.67. The van der Waals surface area contributed by atoms with Crippen LogP contribution in [0.5, 0.6) is 0 Å². The number of likely N-dealkylation sites (tertiary alicyclic amines) is 1. The number of nitrogens with zero attached hydrogens (tertiary/aromatic N) is 1. The Balaban J connectivity index is 1.40. The van der Waals surface area contributed by atoms with E-state index >= 15 is 0 Å². The second kappa shape index (κ2) is 12.8. The van der Waals surface area contributed by atoms with Gasteiger partial charge in [-0.25, -0.2) is 0 Å². The van der Waals surface area contributed by atoms with Gasteiger partial charge < -0.3 is 14.8 Å². The van der Waals surface area contributed by atoms with E-state index < -0.39 is 49.7 Å². The van der Waals surface area contributed by atoms with Crippen molar-refractivity contribution in [1.29, 1.82) is 0 Å². The Morgan fingerprint density at radius 2 is 1.92 bits per heavy atom. The van der Waals surface area contributed by atoms with E-state index in [4.69, 9.17) is 23.0 Å². The van der Waals surface area contributed by atoms with Crippen LogP contribution in [-0.4, -0.2) is 72.9 Å². The molecular formula is C26H40N2O9P+. The number of carbonyl (C=O) groups is 3. The highest BCUT2D eigenvalue weighted by Gasteiger charge is 2.59.